The van der Waals surface area contributed by atoms with Crippen molar-refractivity contribution in [3.05, 3.63) is 59.7 Å². The van der Waals surface area contributed by atoms with Gasteiger partial charge in [-0.2, -0.15) is 0 Å². The van der Waals surface area contributed by atoms with Crippen LogP contribution >= 0.6 is 0 Å². The summed E-state index contributed by atoms with van der Waals surface area (Å²) in [6.07, 6.45) is 0.291. The van der Waals surface area contributed by atoms with E-state index in [4.69, 9.17) is 9.47 Å². The second-order valence-electron chi connectivity index (χ2n) is 10.5. The summed E-state index contributed by atoms with van der Waals surface area (Å²) >= 11 is 0. The molecule has 1 fully saturated rings. The fraction of sp³-hybridized carbons (Fsp3) is 0.467. The van der Waals surface area contributed by atoms with Gasteiger partial charge in [-0.3, -0.25) is 19.2 Å². The molecule has 0 saturated carbocycles. The lowest BCUT2D eigenvalue weighted by Crippen LogP contribution is -2.55. The molecule has 0 spiro atoms. The van der Waals surface area contributed by atoms with Crippen LogP contribution in [-0.2, 0) is 25.5 Å². The summed E-state index contributed by atoms with van der Waals surface area (Å²) in [6, 6.07) is 11.3. The Morgan fingerprint density at radius 3 is 2.44 bits per heavy atom. The average molecular weight is 567 g/mol. The monoisotopic (exact) mass is 566 g/mol. The summed E-state index contributed by atoms with van der Waals surface area (Å²) in [7, 11) is 0. The van der Waals surface area contributed by atoms with E-state index in [1.54, 1.807) is 41.3 Å². The van der Waals surface area contributed by atoms with Gasteiger partial charge in [-0.25, -0.2) is 0 Å². The van der Waals surface area contributed by atoms with Gasteiger partial charge < -0.3 is 35.4 Å². The quantitative estimate of drug-likeness (QED) is 0.441. The lowest BCUT2D eigenvalue weighted by atomic mass is 10.0. The first-order valence-electron chi connectivity index (χ1n) is 14.0. The van der Waals surface area contributed by atoms with Gasteiger partial charge in [0, 0.05) is 32.5 Å². The zero-order valence-electron chi connectivity index (χ0n) is 23.4. The molecule has 4 atom stereocenters. The van der Waals surface area contributed by atoms with Gasteiger partial charge in [-0.15, -0.1) is 0 Å². The van der Waals surface area contributed by atoms with Crippen molar-refractivity contribution in [1.82, 2.24) is 20.9 Å². The first kappa shape index (κ1) is 29.9. The van der Waals surface area contributed by atoms with Crippen LogP contribution in [0.25, 0.3) is 0 Å². The maximum atomic E-state index is 13.6. The summed E-state index contributed by atoms with van der Waals surface area (Å²) in [5.74, 6) is -1.08. The Bertz CT molecular complexity index is 1230. The summed E-state index contributed by atoms with van der Waals surface area (Å²) in [6.45, 7) is 5.06. The van der Waals surface area contributed by atoms with Crippen LogP contribution in [0.15, 0.2) is 48.5 Å². The highest BCUT2D eigenvalue weighted by Crippen LogP contribution is 2.20. The zero-order chi connectivity index (χ0) is 29.4. The maximum absolute atomic E-state index is 13.6. The molecule has 41 heavy (non-hydrogen) atoms. The van der Waals surface area contributed by atoms with Crippen molar-refractivity contribution in [2.75, 3.05) is 26.2 Å². The summed E-state index contributed by atoms with van der Waals surface area (Å²) in [4.78, 5) is 54.8. The molecule has 4 rings (SSSR count). The number of morpholine rings is 1. The third-order valence-corrected chi connectivity index (χ3v) is 7.03. The molecule has 0 bridgehead atoms. The molecule has 4 amide bonds. The molecule has 11 nitrogen and oxygen atoms in total. The largest absolute Gasteiger partial charge is 0.508 e. The van der Waals surface area contributed by atoms with Crippen LogP contribution in [0, 0.1) is 0 Å². The topological polar surface area (TPSA) is 146 Å². The van der Waals surface area contributed by atoms with Gasteiger partial charge in [0.15, 0.2) is 0 Å². The van der Waals surface area contributed by atoms with E-state index in [0.717, 1.165) is 5.56 Å². The van der Waals surface area contributed by atoms with Crippen molar-refractivity contribution in [2.45, 2.75) is 63.8 Å². The van der Waals surface area contributed by atoms with E-state index in [1.807, 2.05) is 13.8 Å². The van der Waals surface area contributed by atoms with Gasteiger partial charge in [0.25, 0.3) is 5.91 Å². The van der Waals surface area contributed by atoms with Crippen LogP contribution in [0.5, 0.6) is 11.5 Å². The van der Waals surface area contributed by atoms with Crippen molar-refractivity contribution in [3.8, 4) is 11.5 Å². The summed E-state index contributed by atoms with van der Waals surface area (Å²) in [5.41, 5.74) is 1.04. The highest BCUT2D eigenvalue weighted by molar-refractivity contribution is 6.00. The number of phenolic OH excluding ortho intramolecular Hbond substituents is 1. The third-order valence-electron chi connectivity index (χ3n) is 7.03. The van der Waals surface area contributed by atoms with Gasteiger partial charge in [0.05, 0.1) is 24.4 Å². The van der Waals surface area contributed by atoms with E-state index in [0.29, 0.717) is 31.8 Å². The number of nitrogens with one attached hydrogen (secondary N) is 3. The van der Waals surface area contributed by atoms with E-state index in [2.05, 4.69) is 16.0 Å². The molecule has 2 heterocycles. The Hall–Kier alpha value is -4.12. The zero-order valence-corrected chi connectivity index (χ0v) is 23.4. The van der Waals surface area contributed by atoms with Crippen molar-refractivity contribution in [2.24, 2.45) is 0 Å². The van der Waals surface area contributed by atoms with E-state index >= 15 is 0 Å². The molecular weight excluding hydrogens is 528 g/mol. The van der Waals surface area contributed by atoms with Crippen LogP contribution in [0.2, 0.25) is 0 Å². The number of fused-ring (bicyclic) bond motifs is 1. The van der Waals surface area contributed by atoms with Crippen LogP contribution in [0.1, 0.15) is 49.0 Å². The Labute approximate surface area is 239 Å². The minimum absolute atomic E-state index is 0.0348. The molecule has 0 radical (unpaired) electrons. The number of carbonyl (C=O) groups excluding carboxylic acids is 4. The van der Waals surface area contributed by atoms with E-state index in [1.165, 1.54) is 12.1 Å². The number of hydrogen-bond donors (Lipinski definition) is 4. The molecule has 11 heteroatoms. The number of para-hydroxylation sites is 1. The summed E-state index contributed by atoms with van der Waals surface area (Å²) in [5, 5.41) is 18.1. The Morgan fingerprint density at radius 2 is 1.71 bits per heavy atom. The van der Waals surface area contributed by atoms with E-state index < -0.39 is 23.9 Å². The second-order valence-corrected chi connectivity index (χ2v) is 10.5. The highest BCUT2D eigenvalue weighted by Gasteiger charge is 2.33. The molecule has 2 aromatic carbocycles. The molecule has 0 aromatic heterocycles. The van der Waals surface area contributed by atoms with E-state index in [9.17, 15) is 24.3 Å². The number of amides is 4. The van der Waals surface area contributed by atoms with Crippen molar-refractivity contribution in [3.63, 3.8) is 0 Å². The first-order valence-corrected chi connectivity index (χ1v) is 14.0. The Morgan fingerprint density at radius 1 is 1.00 bits per heavy atom. The number of benzene rings is 2. The van der Waals surface area contributed by atoms with Crippen molar-refractivity contribution >= 4 is 23.6 Å². The normalized spacial score (nSPS) is 24.7. The molecular formula is C30H38N4O7. The SMILES string of the molecule is C[C@@H]1CN(C(=O)[C@@H]2CCC(=O)NC(Cc3ccc(O)cc3)C(=O)NCCCOc3ccccc3C(=O)N2)C[C@H](C)O1. The lowest BCUT2D eigenvalue weighted by molar-refractivity contribution is -0.145. The van der Waals surface area contributed by atoms with Crippen LogP contribution in [0.4, 0.5) is 0 Å². The third kappa shape index (κ3) is 8.43. The molecule has 2 aliphatic rings. The fourth-order valence-corrected chi connectivity index (χ4v) is 5.06. The van der Waals surface area contributed by atoms with Crippen molar-refractivity contribution < 1.29 is 33.8 Å². The minimum Gasteiger partial charge on any atom is -0.508 e. The molecule has 2 aliphatic heterocycles. The second kappa shape index (κ2) is 14.0. The molecule has 1 saturated heterocycles. The Balaban J connectivity index is 1.56. The number of aromatic hydroxyl groups is 1. The molecule has 2 aromatic rings. The minimum atomic E-state index is -0.976. The standard InChI is InChI=1S/C30H38N4O7/c1-19-17-34(18-20(2)41-19)30(39)24-12-13-27(36)32-25(16-21-8-10-22(35)11-9-21)29(38)31-14-5-15-40-26-7-4-3-6-23(26)28(37)33-24/h3-4,6-11,19-20,24-25,35H,5,12-18H2,1-2H3,(H,31,38)(H,32,36)(H,33,37)/t19-,20+,24-,25?/m0/s1. The van der Waals surface area contributed by atoms with Gasteiger partial charge in [-0.05, 0) is 56.5 Å². The number of nitrogens with zero attached hydrogens (tertiary/aromatic N) is 1. The maximum Gasteiger partial charge on any atom is 0.255 e. The smallest absolute Gasteiger partial charge is 0.255 e. The van der Waals surface area contributed by atoms with Gasteiger partial charge >= 0.3 is 0 Å². The van der Waals surface area contributed by atoms with Gasteiger partial charge in [0.2, 0.25) is 17.7 Å². The van der Waals surface area contributed by atoms with Crippen LogP contribution < -0.4 is 20.7 Å². The van der Waals surface area contributed by atoms with Crippen LogP contribution in [0.3, 0.4) is 0 Å². The van der Waals surface area contributed by atoms with Crippen LogP contribution in [-0.4, -0.2) is 84.2 Å². The number of hydrogen-bond acceptors (Lipinski definition) is 7. The van der Waals surface area contributed by atoms with Gasteiger partial charge in [-0.1, -0.05) is 24.3 Å². The van der Waals surface area contributed by atoms with Crippen molar-refractivity contribution in [1.29, 1.82) is 0 Å². The fourth-order valence-electron chi connectivity index (χ4n) is 5.06. The number of rotatable bonds is 3. The predicted molar refractivity (Wildman–Crippen MR) is 150 cm³/mol. The molecule has 220 valence electrons. The molecule has 4 N–H and O–H groups in total. The molecule has 1 unspecified atom stereocenters. The van der Waals surface area contributed by atoms with E-state index in [-0.39, 0.29) is 61.2 Å². The Kier molecular flexibility index (Phi) is 10.2. The number of ether oxygens (including phenoxy) is 2. The summed E-state index contributed by atoms with van der Waals surface area (Å²) < 4.78 is 11.6. The van der Waals surface area contributed by atoms with Gasteiger partial charge in [0.1, 0.15) is 23.6 Å². The predicted octanol–water partition coefficient (Wildman–Crippen LogP) is 1.53. The average Bonchev–Trinajstić information content (AvgIpc) is 2.94. The highest BCUT2D eigenvalue weighted by atomic mass is 16.5. The number of phenols is 1. The molecule has 0 aliphatic carbocycles. The number of carbonyl (C=O) groups is 4. The first-order chi connectivity index (χ1) is 19.7. The lowest BCUT2D eigenvalue weighted by Gasteiger charge is -2.37.